The standard InChI is InChI=1S/2C14H13N3O.Ni/c2*1-11(13-9-5-6-10-15-13)16-17-14(18)12-7-3-2-4-8-12;/h2*2-10H,1H3,(H,17,18);/q;;+2/p-2/b2*16-11+;. The molecule has 0 bridgehead atoms. The summed E-state index contributed by atoms with van der Waals surface area (Å²) < 4.78 is 0. The molecule has 9 heteroatoms. The Bertz CT molecular complexity index is 1130. The zero-order chi connectivity index (χ0) is 25.6. The average Bonchev–Trinajstić information content (AvgIpc) is 2.96. The van der Waals surface area contributed by atoms with E-state index in [4.69, 9.17) is 0 Å². The molecule has 0 radical (unpaired) electrons. The maximum atomic E-state index is 11.7. The van der Waals surface area contributed by atoms with E-state index in [0.29, 0.717) is 33.9 Å². The molecule has 188 valence electrons. The second-order valence-corrected chi connectivity index (χ2v) is 7.34. The van der Waals surface area contributed by atoms with E-state index in [1.165, 1.54) is 0 Å². The Hall–Kier alpha value is -4.49. The molecule has 0 spiro atoms. The van der Waals surface area contributed by atoms with Crippen LogP contribution in [0.4, 0.5) is 0 Å². The predicted octanol–water partition coefficient (Wildman–Crippen LogP) is 3.22. The Morgan fingerprint density at radius 1 is 0.514 bits per heavy atom. The van der Waals surface area contributed by atoms with Gasteiger partial charge in [-0.2, -0.15) is 20.4 Å². The van der Waals surface area contributed by atoms with Crippen LogP contribution in [-0.2, 0) is 16.5 Å². The van der Waals surface area contributed by atoms with Crippen LogP contribution in [-0.4, -0.2) is 33.2 Å². The van der Waals surface area contributed by atoms with E-state index < -0.39 is 0 Å². The number of nitrogens with zero attached hydrogens (tertiary/aromatic N) is 6. The van der Waals surface area contributed by atoms with Crippen LogP contribution in [0.2, 0.25) is 0 Å². The topological polar surface area (TPSA) is 121 Å². The first-order valence-corrected chi connectivity index (χ1v) is 11.1. The second kappa shape index (κ2) is 15.5. The summed E-state index contributed by atoms with van der Waals surface area (Å²) in [6, 6.07) is 28.7. The molecule has 0 fully saturated rings. The third-order valence-corrected chi connectivity index (χ3v) is 4.69. The average molecular weight is 535 g/mol. The van der Waals surface area contributed by atoms with Crippen molar-refractivity contribution >= 4 is 23.2 Å². The maximum Gasteiger partial charge on any atom is 2.00 e. The zero-order valence-corrected chi connectivity index (χ0v) is 21.2. The summed E-state index contributed by atoms with van der Waals surface area (Å²) >= 11 is 0. The molecule has 4 rings (SSSR count). The Morgan fingerprint density at radius 2 is 0.865 bits per heavy atom. The minimum Gasteiger partial charge on any atom is -0.857 e. The minimum atomic E-state index is -0.356. The van der Waals surface area contributed by atoms with Crippen LogP contribution in [0.1, 0.15) is 36.4 Å². The van der Waals surface area contributed by atoms with Crippen LogP contribution >= 0.6 is 0 Å². The summed E-state index contributed by atoms with van der Waals surface area (Å²) in [7, 11) is 0. The van der Waals surface area contributed by atoms with Crippen molar-refractivity contribution in [2.75, 3.05) is 0 Å². The second-order valence-electron chi connectivity index (χ2n) is 7.34. The number of hydrogen-bond donors (Lipinski definition) is 0. The molecular weight excluding hydrogens is 511 g/mol. The monoisotopic (exact) mass is 534 g/mol. The van der Waals surface area contributed by atoms with Crippen LogP contribution in [0.25, 0.3) is 0 Å². The number of benzene rings is 2. The van der Waals surface area contributed by atoms with Crippen molar-refractivity contribution in [1.29, 1.82) is 0 Å². The molecular formula is C28H24N6NiO2. The molecule has 37 heavy (non-hydrogen) atoms. The molecule has 0 atom stereocenters. The van der Waals surface area contributed by atoms with Gasteiger partial charge in [-0.25, -0.2) is 0 Å². The van der Waals surface area contributed by atoms with Gasteiger partial charge in [-0.05, 0) is 49.2 Å². The zero-order valence-electron chi connectivity index (χ0n) is 20.2. The first kappa shape index (κ1) is 28.7. The van der Waals surface area contributed by atoms with Crippen LogP contribution < -0.4 is 10.2 Å². The smallest absolute Gasteiger partial charge is 0.857 e. The molecule has 0 aliphatic rings. The van der Waals surface area contributed by atoms with Gasteiger partial charge in [0.15, 0.2) is 0 Å². The molecule has 0 unspecified atom stereocenters. The van der Waals surface area contributed by atoms with E-state index in [-0.39, 0.29) is 28.3 Å². The Kier molecular flexibility index (Phi) is 12.0. The summed E-state index contributed by atoms with van der Waals surface area (Å²) in [5.41, 5.74) is 3.69. The van der Waals surface area contributed by atoms with Gasteiger partial charge in [0, 0.05) is 24.2 Å². The fourth-order valence-electron chi connectivity index (χ4n) is 2.77. The SMILES string of the molecule is C/C(=N\N=C(/[O-])c1ccccc1)c1ccccn1.C/C(=N\N=C(/[O-])c1ccccc1)c1ccccn1.[Ni+2]. The molecule has 0 saturated carbocycles. The molecule has 2 aromatic carbocycles. The van der Waals surface area contributed by atoms with Crippen molar-refractivity contribution in [3.63, 3.8) is 0 Å². The summed E-state index contributed by atoms with van der Waals surface area (Å²) in [6.45, 7) is 3.54. The summed E-state index contributed by atoms with van der Waals surface area (Å²) in [5, 5.41) is 38.5. The van der Waals surface area contributed by atoms with E-state index in [1.54, 1.807) is 74.8 Å². The van der Waals surface area contributed by atoms with Crippen molar-refractivity contribution in [3.05, 3.63) is 132 Å². The fraction of sp³-hybridized carbons (Fsp3) is 0.0714. The molecule has 2 heterocycles. The van der Waals surface area contributed by atoms with Crippen molar-refractivity contribution in [2.45, 2.75) is 13.8 Å². The van der Waals surface area contributed by atoms with Gasteiger partial charge < -0.3 is 10.2 Å². The number of aromatic nitrogens is 2. The molecule has 0 saturated heterocycles. The summed E-state index contributed by atoms with van der Waals surface area (Å²) in [5.74, 6) is -0.711. The molecule has 0 amide bonds. The van der Waals surface area contributed by atoms with Gasteiger partial charge in [-0.3, -0.25) is 9.97 Å². The van der Waals surface area contributed by atoms with Crippen molar-refractivity contribution in [2.24, 2.45) is 20.4 Å². The maximum absolute atomic E-state index is 11.7. The first-order valence-electron chi connectivity index (χ1n) is 11.1. The molecule has 2 aromatic heterocycles. The minimum absolute atomic E-state index is 0. The summed E-state index contributed by atoms with van der Waals surface area (Å²) in [6.07, 6.45) is 3.35. The number of hydrogen-bond acceptors (Lipinski definition) is 8. The predicted molar refractivity (Wildman–Crippen MR) is 139 cm³/mol. The van der Waals surface area contributed by atoms with E-state index in [2.05, 4.69) is 30.4 Å². The van der Waals surface area contributed by atoms with Crippen LogP contribution in [0, 0.1) is 0 Å². The van der Waals surface area contributed by atoms with E-state index >= 15 is 0 Å². The Labute approximate surface area is 225 Å². The van der Waals surface area contributed by atoms with Crippen LogP contribution in [0.5, 0.6) is 0 Å². The van der Waals surface area contributed by atoms with Gasteiger partial charge in [0.1, 0.15) is 0 Å². The normalized spacial score (nSPS) is 12.2. The van der Waals surface area contributed by atoms with Gasteiger partial charge in [0.25, 0.3) is 0 Å². The third kappa shape index (κ3) is 9.59. The van der Waals surface area contributed by atoms with Crippen molar-refractivity contribution < 1.29 is 26.7 Å². The van der Waals surface area contributed by atoms with Crippen LogP contribution in [0.3, 0.4) is 0 Å². The molecule has 4 aromatic rings. The van der Waals surface area contributed by atoms with Gasteiger partial charge in [0.2, 0.25) is 0 Å². The Balaban J connectivity index is 0.000000253. The fourth-order valence-corrected chi connectivity index (χ4v) is 2.77. The van der Waals surface area contributed by atoms with Crippen molar-refractivity contribution in [1.82, 2.24) is 9.97 Å². The summed E-state index contributed by atoms with van der Waals surface area (Å²) in [4.78, 5) is 8.25. The largest absolute Gasteiger partial charge is 2.00 e. The Morgan fingerprint density at radius 3 is 1.19 bits per heavy atom. The van der Waals surface area contributed by atoms with Gasteiger partial charge in [0.05, 0.1) is 22.8 Å². The molecule has 0 aliphatic heterocycles. The van der Waals surface area contributed by atoms with E-state index in [1.807, 2.05) is 48.5 Å². The molecule has 0 N–H and O–H groups in total. The third-order valence-electron chi connectivity index (χ3n) is 4.69. The van der Waals surface area contributed by atoms with Crippen molar-refractivity contribution in [3.8, 4) is 0 Å². The van der Waals surface area contributed by atoms with Crippen LogP contribution in [0.15, 0.2) is 130 Å². The quantitative estimate of drug-likeness (QED) is 0.163. The van der Waals surface area contributed by atoms with Gasteiger partial charge in [-0.1, -0.05) is 72.8 Å². The van der Waals surface area contributed by atoms with E-state index in [0.717, 1.165) is 0 Å². The molecule has 0 aliphatic carbocycles. The van der Waals surface area contributed by atoms with Gasteiger partial charge >= 0.3 is 16.5 Å². The molecule has 8 nitrogen and oxygen atoms in total. The van der Waals surface area contributed by atoms with Gasteiger partial charge in [-0.15, -0.1) is 0 Å². The first-order chi connectivity index (χ1) is 17.5. The van der Waals surface area contributed by atoms with E-state index in [9.17, 15) is 10.2 Å². The number of rotatable bonds is 6. The number of pyridine rings is 2.